The van der Waals surface area contributed by atoms with Gasteiger partial charge in [0.25, 0.3) is 0 Å². The van der Waals surface area contributed by atoms with E-state index < -0.39 is 0 Å². The standard InChI is InChI=1S/C16H26O/c1-2-3-4-5-6-7-8-9-10-11-13-16-14-12-15-17-16/h11-15H,2-10H2,1H3. The molecule has 0 fully saturated rings. The zero-order valence-corrected chi connectivity index (χ0v) is 11.2. The van der Waals surface area contributed by atoms with Crippen LogP contribution in [-0.4, -0.2) is 0 Å². The predicted octanol–water partition coefficient (Wildman–Crippen LogP) is 5.82. The highest BCUT2D eigenvalue weighted by molar-refractivity contribution is 5.41. The van der Waals surface area contributed by atoms with Gasteiger partial charge in [0.05, 0.1) is 6.26 Å². The first kappa shape index (κ1) is 14.1. The van der Waals surface area contributed by atoms with Crippen molar-refractivity contribution in [1.82, 2.24) is 0 Å². The van der Waals surface area contributed by atoms with Gasteiger partial charge in [-0.15, -0.1) is 0 Å². The average molecular weight is 234 g/mol. The summed E-state index contributed by atoms with van der Waals surface area (Å²) in [5.74, 6) is 0.963. The van der Waals surface area contributed by atoms with Crippen molar-refractivity contribution >= 4 is 6.08 Å². The van der Waals surface area contributed by atoms with Gasteiger partial charge in [0.15, 0.2) is 0 Å². The third-order valence-electron chi connectivity index (χ3n) is 3.05. The van der Waals surface area contributed by atoms with Gasteiger partial charge in [0.2, 0.25) is 0 Å². The Balaban J connectivity index is 1.84. The van der Waals surface area contributed by atoms with Gasteiger partial charge in [0.1, 0.15) is 5.76 Å². The van der Waals surface area contributed by atoms with Crippen molar-refractivity contribution in [2.24, 2.45) is 0 Å². The molecule has 0 aliphatic carbocycles. The van der Waals surface area contributed by atoms with E-state index in [0.717, 1.165) is 5.76 Å². The SMILES string of the molecule is CCCCCCCCCCC=Cc1ccco1. The molecule has 0 unspecified atom stereocenters. The van der Waals surface area contributed by atoms with Crippen molar-refractivity contribution in [3.63, 3.8) is 0 Å². The van der Waals surface area contributed by atoms with Crippen LogP contribution in [0.4, 0.5) is 0 Å². The topological polar surface area (TPSA) is 13.1 Å². The zero-order valence-electron chi connectivity index (χ0n) is 11.2. The molecule has 1 nitrogen and oxygen atoms in total. The Hall–Kier alpha value is -0.980. The second-order valence-electron chi connectivity index (χ2n) is 4.68. The molecule has 0 saturated carbocycles. The van der Waals surface area contributed by atoms with Gasteiger partial charge in [-0.05, 0) is 31.1 Å². The van der Waals surface area contributed by atoms with Crippen molar-refractivity contribution in [1.29, 1.82) is 0 Å². The molecule has 0 aromatic carbocycles. The molecule has 17 heavy (non-hydrogen) atoms. The molecule has 0 aliphatic rings. The van der Waals surface area contributed by atoms with Gasteiger partial charge in [-0.2, -0.15) is 0 Å². The van der Waals surface area contributed by atoms with E-state index >= 15 is 0 Å². The first-order valence-corrected chi connectivity index (χ1v) is 7.13. The molecule has 0 spiro atoms. The lowest BCUT2D eigenvalue weighted by molar-refractivity contribution is 0.556. The molecule has 96 valence electrons. The van der Waals surface area contributed by atoms with Gasteiger partial charge in [-0.3, -0.25) is 0 Å². The predicted molar refractivity (Wildman–Crippen MR) is 75.0 cm³/mol. The monoisotopic (exact) mass is 234 g/mol. The van der Waals surface area contributed by atoms with Crippen LogP contribution >= 0.6 is 0 Å². The fourth-order valence-electron chi connectivity index (χ4n) is 1.98. The van der Waals surface area contributed by atoms with Gasteiger partial charge in [-0.25, -0.2) is 0 Å². The van der Waals surface area contributed by atoms with E-state index in [1.54, 1.807) is 6.26 Å². The Morgan fingerprint density at radius 1 is 1.00 bits per heavy atom. The molecule has 1 heteroatoms. The van der Waals surface area contributed by atoms with Crippen LogP contribution in [0.2, 0.25) is 0 Å². The minimum atomic E-state index is 0.963. The quantitative estimate of drug-likeness (QED) is 0.465. The van der Waals surface area contributed by atoms with Gasteiger partial charge < -0.3 is 4.42 Å². The number of rotatable bonds is 10. The average Bonchev–Trinajstić information content (AvgIpc) is 2.85. The summed E-state index contributed by atoms with van der Waals surface area (Å²) < 4.78 is 5.23. The summed E-state index contributed by atoms with van der Waals surface area (Å²) in [7, 11) is 0. The first-order valence-electron chi connectivity index (χ1n) is 7.13. The molecule has 0 aliphatic heterocycles. The molecule has 0 radical (unpaired) electrons. The highest BCUT2D eigenvalue weighted by Gasteiger charge is 1.91. The molecule has 0 saturated heterocycles. The van der Waals surface area contributed by atoms with E-state index in [0.29, 0.717) is 0 Å². The van der Waals surface area contributed by atoms with Crippen LogP contribution in [0.15, 0.2) is 28.9 Å². The van der Waals surface area contributed by atoms with Crippen LogP contribution in [0.25, 0.3) is 6.08 Å². The van der Waals surface area contributed by atoms with Gasteiger partial charge >= 0.3 is 0 Å². The number of hydrogen-bond acceptors (Lipinski definition) is 1. The van der Waals surface area contributed by atoms with Crippen LogP contribution in [-0.2, 0) is 0 Å². The molecule has 0 atom stereocenters. The Morgan fingerprint density at radius 3 is 2.35 bits per heavy atom. The van der Waals surface area contributed by atoms with Crippen molar-refractivity contribution in [3.8, 4) is 0 Å². The van der Waals surface area contributed by atoms with Crippen molar-refractivity contribution in [3.05, 3.63) is 30.2 Å². The second-order valence-corrected chi connectivity index (χ2v) is 4.68. The summed E-state index contributed by atoms with van der Waals surface area (Å²) >= 11 is 0. The Labute approximate surface area is 106 Å². The minimum absolute atomic E-state index is 0.963. The molecule has 0 N–H and O–H groups in total. The fourth-order valence-corrected chi connectivity index (χ4v) is 1.98. The molecule has 1 rings (SSSR count). The molecule has 1 aromatic heterocycles. The van der Waals surface area contributed by atoms with Crippen molar-refractivity contribution in [2.45, 2.75) is 64.7 Å². The highest BCUT2D eigenvalue weighted by Crippen LogP contribution is 2.10. The molecule has 1 aromatic rings. The van der Waals surface area contributed by atoms with Gasteiger partial charge in [-0.1, -0.05) is 57.9 Å². The first-order chi connectivity index (χ1) is 8.43. The third-order valence-corrected chi connectivity index (χ3v) is 3.05. The zero-order chi connectivity index (χ0) is 12.2. The van der Waals surface area contributed by atoms with Crippen LogP contribution in [0, 0.1) is 0 Å². The summed E-state index contributed by atoms with van der Waals surface area (Å²) in [6.45, 7) is 2.27. The van der Waals surface area contributed by atoms with Gasteiger partial charge in [0, 0.05) is 0 Å². The van der Waals surface area contributed by atoms with E-state index in [2.05, 4.69) is 19.1 Å². The Morgan fingerprint density at radius 2 is 1.71 bits per heavy atom. The largest absolute Gasteiger partial charge is 0.465 e. The van der Waals surface area contributed by atoms with Crippen molar-refractivity contribution in [2.75, 3.05) is 0 Å². The van der Waals surface area contributed by atoms with E-state index in [1.165, 1.54) is 57.8 Å². The third kappa shape index (κ3) is 7.84. The maximum Gasteiger partial charge on any atom is 0.126 e. The van der Waals surface area contributed by atoms with E-state index in [1.807, 2.05) is 12.1 Å². The summed E-state index contributed by atoms with van der Waals surface area (Å²) in [4.78, 5) is 0. The molecule has 0 bridgehead atoms. The summed E-state index contributed by atoms with van der Waals surface area (Å²) in [6, 6.07) is 3.92. The summed E-state index contributed by atoms with van der Waals surface area (Å²) in [5, 5.41) is 0. The smallest absolute Gasteiger partial charge is 0.126 e. The van der Waals surface area contributed by atoms with Crippen molar-refractivity contribution < 1.29 is 4.42 Å². The molecular formula is C16H26O. The highest BCUT2D eigenvalue weighted by atomic mass is 16.3. The maximum atomic E-state index is 5.23. The Bertz CT molecular complexity index is 272. The van der Waals surface area contributed by atoms with Crippen LogP contribution < -0.4 is 0 Å². The van der Waals surface area contributed by atoms with Crippen LogP contribution in [0.3, 0.4) is 0 Å². The van der Waals surface area contributed by atoms with E-state index in [4.69, 9.17) is 4.42 Å². The maximum absolute atomic E-state index is 5.23. The lowest BCUT2D eigenvalue weighted by Crippen LogP contribution is -1.79. The number of allylic oxidation sites excluding steroid dienone is 1. The summed E-state index contributed by atoms with van der Waals surface area (Å²) in [6.07, 6.45) is 18.3. The Kier molecular flexibility index (Phi) is 8.44. The lowest BCUT2D eigenvalue weighted by Gasteiger charge is -1.99. The normalized spacial score (nSPS) is 11.4. The van der Waals surface area contributed by atoms with E-state index in [-0.39, 0.29) is 0 Å². The fraction of sp³-hybridized carbons (Fsp3) is 0.625. The number of unbranched alkanes of at least 4 members (excludes halogenated alkanes) is 8. The second kappa shape index (κ2) is 10.2. The number of hydrogen-bond donors (Lipinski definition) is 0. The molecular weight excluding hydrogens is 208 g/mol. The minimum Gasteiger partial charge on any atom is -0.465 e. The summed E-state index contributed by atoms with van der Waals surface area (Å²) in [5.41, 5.74) is 0. The van der Waals surface area contributed by atoms with Crippen LogP contribution in [0.1, 0.15) is 70.5 Å². The van der Waals surface area contributed by atoms with Crippen LogP contribution in [0.5, 0.6) is 0 Å². The van der Waals surface area contributed by atoms with E-state index in [9.17, 15) is 0 Å². The number of furan rings is 1. The lowest BCUT2D eigenvalue weighted by atomic mass is 10.1. The molecule has 0 amide bonds. The molecule has 1 heterocycles.